The highest BCUT2D eigenvalue weighted by Crippen LogP contribution is 2.29. The van der Waals surface area contributed by atoms with Crippen LogP contribution in [0.2, 0.25) is 0 Å². The number of nitrogens with zero attached hydrogens (tertiary/aromatic N) is 2. The molecule has 7 heteroatoms. The first-order valence-electron chi connectivity index (χ1n) is 12.7. The highest BCUT2D eigenvalue weighted by atomic mass is 16.2. The van der Waals surface area contributed by atoms with Crippen LogP contribution in [-0.4, -0.2) is 61.3 Å². The third-order valence-electron chi connectivity index (χ3n) is 7.78. The Hall–Kier alpha value is -3.19. The van der Waals surface area contributed by atoms with Gasteiger partial charge in [0.2, 0.25) is 5.91 Å². The zero-order valence-corrected chi connectivity index (χ0v) is 20.6. The van der Waals surface area contributed by atoms with Gasteiger partial charge in [-0.3, -0.25) is 14.4 Å². The summed E-state index contributed by atoms with van der Waals surface area (Å²) < 4.78 is 0. The molecule has 2 amide bonds. The first kappa shape index (κ1) is 23.5. The van der Waals surface area contributed by atoms with Gasteiger partial charge in [0.25, 0.3) is 5.91 Å². The molecule has 184 valence electrons. The number of benzene rings is 2. The molecule has 7 nitrogen and oxygen atoms in total. The summed E-state index contributed by atoms with van der Waals surface area (Å²) in [5.41, 5.74) is 4.58. The quantitative estimate of drug-likeness (QED) is 0.627. The monoisotopic (exact) mass is 474 g/mol. The fourth-order valence-corrected chi connectivity index (χ4v) is 5.63. The molecule has 3 aliphatic heterocycles. The van der Waals surface area contributed by atoms with Gasteiger partial charge in [-0.1, -0.05) is 12.1 Å². The summed E-state index contributed by atoms with van der Waals surface area (Å²) in [6.07, 6.45) is 4.16. The Morgan fingerprint density at radius 1 is 1.09 bits per heavy atom. The molecule has 0 spiro atoms. The molecule has 5 rings (SSSR count). The largest absolute Gasteiger partial charge is 0.371 e. The third-order valence-corrected chi connectivity index (χ3v) is 7.78. The van der Waals surface area contributed by atoms with E-state index in [-0.39, 0.29) is 30.6 Å². The van der Waals surface area contributed by atoms with Gasteiger partial charge in [0.1, 0.15) is 0 Å². The third kappa shape index (κ3) is 5.10. The second kappa shape index (κ2) is 9.82. The minimum atomic E-state index is -0.317. The number of nitrogens with one attached hydrogen (secondary N) is 2. The number of carbonyl (C=O) groups is 3. The summed E-state index contributed by atoms with van der Waals surface area (Å²) in [7, 11) is 0. The van der Waals surface area contributed by atoms with Crippen molar-refractivity contribution >= 4 is 29.0 Å². The van der Waals surface area contributed by atoms with E-state index in [0.29, 0.717) is 22.7 Å². The highest BCUT2D eigenvalue weighted by molar-refractivity contribution is 6.10. The number of hydrogen-bond acceptors (Lipinski definition) is 5. The van der Waals surface area contributed by atoms with E-state index in [1.54, 1.807) is 18.2 Å². The van der Waals surface area contributed by atoms with Crippen LogP contribution in [0.3, 0.4) is 0 Å². The molecule has 35 heavy (non-hydrogen) atoms. The van der Waals surface area contributed by atoms with Crippen molar-refractivity contribution in [3.8, 4) is 0 Å². The predicted molar refractivity (Wildman–Crippen MR) is 137 cm³/mol. The van der Waals surface area contributed by atoms with Crippen LogP contribution in [0.4, 0.5) is 11.4 Å². The summed E-state index contributed by atoms with van der Waals surface area (Å²) in [6, 6.07) is 12.0. The zero-order chi connectivity index (χ0) is 24.5. The van der Waals surface area contributed by atoms with Crippen molar-refractivity contribution in [2.24, 2.45) is 5.92 Å². The Labute approximate surface area is 206 Å². The average molecular weight is 475 g/mol. The first-order chi connectivity index (χ1) is 16.9. The minimum Gasteiger partial charge on any atom is -0.371 e. The molecule has 2 atom stereocenters. The Kier molecular flexibility index (Phi) is 6.60. The minimum absolute atomic E-state index is 0.0384. The number of aryl methyl sites for hydroxylation is 1. The van der Waals surface area contributed by atoms with Crippen molar-refractivity contribution in [3.63, 3.8) is 0 Å². The number of likely N-dealkylation sites (tertiary alicyclic amines) is 1. The van der Waals surface area contributed by atoms with Crippen LogP contribution in [0.1, 0.15) is 58.0 Å². The fourth-order valence-electron chi connectivity index (χ4n) is 5.63. The Morgan fingerprint density at radius 3 is 2.71 bits per heavy atom. The lowest BCUT2D eigenvalue weighted by Crippen LogP contribution is -2.33. The van der Waals surface area contributed by atoms with Crippen LogP contribution < -0.4 is 15.5 Å². The number of rotatable bonds is 6. The lowest BCUT2D eigenvalue weighted by molar-refractivity contribution is -0.115. The molecule has 2 N–H and O–H groups in total. The highest BCUT2D eigenvalue weighted by Gasteiger charge is 2.28. The number of carbonyl (C=O) groups excluding carboxylic acids is 3. The predicted octanol–water partition coefficient (Wildman–Crippen LogP) is 3.41. The van der Waals surface area contributed by atoms with Gasteiger partial charge >= 0.3 is 0 Å². The molecular weight excluding hydrogens is 440 g/mol. The maximum Gasteiger partial charge on any atom is 0.253 e. The Bertz CT molecular complexity index is 1160. The molecule has 2 unspecified atom stereocenters. The van der Waals surface area contributed by atoms with Crippen molar-refractivity contribution in [2.75, 3.05) is 42.9 Å². The van der Waals surface area contributed by atoms with Crippen LogP contribution >= 0.6 is 0 Å². The molecule has 0 aromatic heterocycles. The molecule has 2 aromatic carbocycles. The van der Waals surface area contributed by atoms with Gasteiger partial charge in [-0.15, -0.1) is 0 Å². The zero-order valence-electron chi connectivity index (χ0n) is 20.6. The van der Waals surface area contributed by atoms with Crippen LogP contribution in [0.25, 0.3) is 0 Å². The molecule has 0 bridgehead atoms. The number of amides is 2. The van der Waals surface area contributed by atoms with Crippen LogP contribution in [0.5, 0.6) is 0 Å². The second-order valence-corrected chi connectivity index (χ2v) is 10.3. The molecule has 3 aliphatic rings. The van der Waals surface area contributed by atoms with Gasteiger partial charge in [-0.2, -0.15) is 0 Å². The van der Waals surface area contributed by atoms with E-state index in [1.165, 1.54) is 38.0 Å². The molecule has 2 fully saturated rings. The summed E-state index contributed by atoms with van der Waals surface area (Å²) in [5, 5.41) is 5.26. The van der Waals surface area contributed by atoms with Gasteiger partial charge in [0.15, 0.2) is 5.78 Å². The van der Waals surface area contributed by atoms with Gasteiger partial charge in [0.05, 0.1) is 17.8 Å². The maximum atomic E-state index is 13.0. The van der Waals surface area contributed by atoms with Crippen molar-refractivity contribution in [3.05, 3.63) is 58.7 Å². The van der Waals surface area contributed by atoms with E-state index in [4.69, 9.17) is 0 Å². The van der Waals surface area contributed by atoms with Gasteiger partial charge < -0.3 is 20.4 Å². The van der Waals surface area contributed by atoms with E-state index in [9.17, 15) is 14.4 Å². The van der Waals surface area contributed by atoms with Crippen LogP contribution in [-0.2, 0) is 11.2 Å². The van der Waals surface area contributed by atoms with Gasteiger partial charge in [0, 0.05) is 43.3 Å². The van der Waals surface area contributed by atoms with Crippen LogP contribution in [0.15, 0.2) is 36.4 Å². The molecule has 0 aliphatic carbocycles. The molecule has 0 saturated carbocycles. The molecule has 2 saturated heterocycles. The van der Waals surface area contributed by atoms with Crippen LogP contribution in [0, 0.1) is 12.8 Å². The van der Waals surface area contributed by atoms with E-state index < -0.39 is 0 Å². The lowest BCUT2D eigenvalue weighted by atomic mass is 9.97. The number of fused-ring (bicyclic) bond motifs is 1. The normalized spacial score (nSPS) is 22.5. The van der Waals surface area contributed by atoms with Crippen molar-refractivity contribution in [1.29, 1.82) is 0 Å². The van der Waals surface area contributed by atoms with E-state index in [1.807, 2.05) is 0 Å². The SMILES string of the molecule is Cc1cc(N2CCC(CN3CCCC3C)C2)ccc1CC(=O)c1ccc2c(c1)NC(=O)CNC2=O. The first-order valence-corrected chi connectivity index (χ1v) is 12.7. The van der Waals surface area contributed by atoms with Crippen molar-refractivity contribution in [2.45, 2.75) is 45.6 Å². The van der Waals surface area contributed by atoms with E-state index in [2.05, 4.69) is 52.5 Å². The number of hydrogen-bond donors (Lipinski definition) is 2. The standard InChI is InChI=1S/C28H34N4O3/c1-18-12-23(32-11-9-20(17-32)16-31-10-3-4-19(31)2)7-5-21(18)14-26(33)22-6-8-24-25(13-22)30-27(34)15-29-28(24)35/h5-8,12-13,19-20H,3-4,9-11,14-17H2,1-2H3,(H,29,35)(H,30,34). The van der Waals surface area contributed by atoms with Gasteiger partial charge in [-0.05, 0) is 81.0 Å². The summed E-state index contributed by atoms with van der Waals surface area (Å²) in [4.78, 5) is 42.2. The molecule has 3 heterocycles. The van der Waals surface area contributed by atoms with Crippen molar-refractivity contribution < 1.29 is 14.4 Å². The maximum absolute atomic E-state index is 13.0. The molecular formula is C28H34N4O3. The summed E-state index contributed by atoms with van der Waals surface area (Å²) in [6.45, 7) is 8.95. The van der Waals surface area contributed by atoms with E-state index >= 15 is 0 Å². The second-order valence-electron chi connectivity index (χ2n) is 10.3. The summed E-state index contributed by atoms with van der Waals surface area (Å²) >= 11 is 0. The number of ketones is 1. The van der Waals surface area contributed by atoms with Crippen molar-refractivity contribution in [1.82, 2.24) is 10.2 Å². The fraction of sp³-hybridized carbons (Fsp3) is 0.464. The Morgan fingerprint density at radius 2 is 1.94 bits per heavy atom. The lowest BCUT2D eigenvalue weighted by Gasteiger charge is -2.25. The van der Waals surface area contributed by atoms with Gasteiger partial charge in [-0.25, -0.2) is 0 Å². The molecule has 2 aromatic rings. The average Bonchev–Trinajstić information content (AvgIpc) is 3.44. The Balaban J connectivity index is 1.24. The molecule has 0 radical (unpaired) electrons. The smallest absolute Gasteiger partial charge is 0.253 e. The summed E-state index contributed by atoms with van der Waals surface area (Å²) in [5.74, 6) is 0.0616. The topological polar surface area (TPSA) is 81.8 Å². The van der Waals surface area contributed by atoms with E-state index in [0.717, 1.165) is 30.3 Å². The number of Topliss-reactive ketones (excluding diaryl/α,β-unsaturated/α-hetero) is 1. The number of anilines is 2.